The van der Waals surface area contributed by atoms with E-state index in [4.69, 9.17) is 10.5 Å². The van der Waals surface area contributed by atoms with Gasteiger partial charge in [-0.1, -0.05) is 0 Å². The molecule has 0 aliphatic carbocycles. The first kappa shape index (κ1) is 12.6. The third kappa shape index (κ3) is 2.72. The maximum absolute atomic E-state index is 13.3. The molecule has 94 valence electrons. The molecule has 0 bridgehead atoms. The van der Waals surface area contributed by atoms with E-state index in [-0.39, 0.29) is 5.82 Å². The van der Waals surface area contributed by atoms with Gasteiger partial charge in [0.05, 0.1) is 15.8 Å². The highest BCUT2D eigenvalue weighted by atomic mass is 79.9. The van der Waals surface area contributed by atoms with Crippen LogP contribution >= 0.6 is 15.9 Å². The number of hydrogen-bond donors (Lipinski definition) is 1. The molecule has 0 radical (unpaired) electrons. The number of nitrogens with zero attached hydrogens (tertiary/aromatic N) is 1. The number of rotatable bonds is 2. The van der Waals surface area contributed by atoms with Gasteiger partial charge >= 0.3 is 0 Å². The number of anilines is 2. The quantitative estimate of drug-likeness (QED) is 0.854. The Balaban J connectivity index is 2.23. The highest BCUT2D eigenvalue weighted by Crippen LogP contribution is 2.31. The highest BCUT2D eigenvalue weighted by Gasteiger charge is 2.21. The van der Waals surface area contributed by atoms with Crippen LogP contribution in [0.4, 0.5) is 15.8 Å². The van der Waals surface area contributed by atoms with Crippen molar-refractivity contribution in [2.45, 2.75) is 18.9 Å². The van der Waals surface area contributed by atoms with Crippen LogP contribution in [0.15, 0.2) is 16.6 Å². The predicted octanol–water partition coefficient (Wildman–Crippen LogP) is 2.79. The van der Waals surface area contributed by atoms with Crippen molar-refractivity contribution in [3.05, 3.63) is 22.4 Å². The van der Waals surface area contributed by atoms with Crippen molar-refractivity contribution in [1.29, 1.82) is 0 Å². The summed E-state index contributed by atoms with van der Waals surface area (Å²) < 4.78 is 19.1. The first-order valence-electron chi connectivity index (χ1n) is 5.64. The number of nitrogens with two attached hydrogens (primary N) is 1. The summed E-state index contributed by atoms with van der Waals surface area (Å²) in [5.41, 5.74) is 7.20. The van der Waals surface area contributed by atoms with E-state index in [0.717, 1.165) is 31.7 Å². The second-order valence-electron chi connectivity index (χ2n) is 4.28. The Bertz CT molecular complexity index is 408. The molecule has 17 heavy (non-hydrogen) atoms. The largest absolute Gasteiger partial charge is 0.397 e. The molecule has 0 aromatic heterocycles. The van der Waals surface area contributed by atoms with Gasteiger partial charge in [0.2, 0.25) is 0 Å². The fraction of sp³-hybridized carbons (Fsp3) is 0.500. The van der Waals surface area contributed by atoms with Gasteiger partial charge in [-0.25, -0.2) is 4.39 Å². The Hall–Kier alpha value is -0.810. The monoisotopic (exact) mass is 302 g/mol. The van der Waals surface area contributed by atoms with Gasteiger partial charge in [0.1, 0.15) is 5.82 Å². The molecule has 1 saturated heterocycles. The summed E-state index contributed by atoms with van der Waals surface area (Å²) in [7, 11) is 1.99. The first-order chi connectivity index (χ1) is 8.09. The van der Waals surface area contributed by atoms with Crippen LogP contribution in [0.2, 0.25) is 0 Å². The molecule has 2 rings (SSSR count). The fourth-order valence-electron chi connectivity index (χ4n) is 2.13. The van der Waals surface area contributed by atoms with Crippen LogP contribution in [0.3, 0.4) is 0 Å². The van der Waals surface area contributed by atoms with Gasteiger partial charge in [-0.3, -0.25) is 0 Å². The fourth-order valence-corrected chi connectivity index (χ4v) is 2.46. The number of nitrogen functional groups attached to an aromatic ring is 1. The number of hydrogen-bond acceptors (Lipinski definition) is 3. The molecule has 0 atom stereocenters. The van der Waals surface area contributed by atoms with E-state index in [2.05, 4.69) is 20.8 Å². The van der Waals surface area contributed by atoms with Crippen LogP contribution in [0.25, 0.3) is 0 Å². The van der Waals surface area contributed by atoms with Crippen LogP contribution < -0.4 is 10.6 Å². The number of ether oxygens (including phenoxy) is 1. The summed E-state index contributed by atoms with van der Waals surface area (Å²) >= 11 is 3.19. The Labute approximate surface area is 109 Å². The second kappa shape index (κ2) is 5.23. The van der Waals surface area contributed by atoms with Crippen LogP contribution in [-0.2, 0) is 4.74 Å². The molecule has 1 aliphatic rings. The van der Waals surface area contributed by atoms with E-state index in [1.54, 1.807) is 6.07 Å². The van der Waals surface area contributed by atoms with Crippen molar-refractivity contribution in [3.8, 4) is 0 Å². The Morgan fingerprint density at radius 3 is 2.71 bits per heavy atom. The molecule has 1 aromatic rings. The molecule has 0 saturated carbocycles. The lowest BCUT2D eigenvalue weighted by molar-refractivity contribution is 0.0855. The third-order valence-corrected chi connectivity index (χ3v) is 3.80. The molecule has 1 fully saturated rings. The minimum atomic E-state index is -0.327. The van der Waals surface area contributed by atoms with Gasteiger partial charge in [-0.2, -0.15) is 0 Å². The van der Waals surface area contributed by atoms with Crippen molar-refractivity contribution in [1.82, 2.24) is 0 Å². The zero-order chi connectivity index (χ0) is 12.4. The van der Waals surface area contributed by atoms with Crippen molar-refractivity contribution >= 4 is 27.3 Å². The maximum atomic E-state index is 13.3. The predicted molar refractivity (Wildman–Crippen MR) is 70.8 cm³/mol. The summed E-state index contributed by atoms with van der Waals surface area (Å²) in [6, 6.07) is 3.50. The average molecular weight is 303 g/mol. The molecule has 0 amide bonds. The van der Waals surface area contributed by atoms with E-state index >= 15 is 0 Å². The molecule has 0 spiro atoms. The van der Waals surface area contributed by atoms with Gasteiger partial charge in [0.25, 0.3) is 0 Å². The van der Waals surface area contributed by atoms with E-state index in [9.17, 15) is 4.39 Å². The van der Waals surface area contributed by atoms with Crippen molar-refractivity contribution in [2.75, 3.05) is 30.9 Å². The van der Waals surface area contributed by atoms with Crippen LogP contribution in [0.5, 0.6) is 0 Å². The van der Waals surface area contributed by atoms with Gasteiger partial charge < -0.3 is 15.4 Å². The molecular formula is C12H16BrFN2O. The minimum Gasteiger partial charge on any atom is -0.397 e. The van der Waals surface area contributed by atoms with E-state index < -0.39 is 0 Å². The lowest BCUT2D eigenvalue weighted by Gasteiger charge is -2.33. The zero-order valence-electron chi connectivity index (χ0n) is 9.75. The molecule has 3 nitrogen and oxygen atoms in total. The average Bonchev–Trinajstić information content (AvgIpc) is 2.34. The van der Waals surface area contributed by atoms with Crippen molar-refractivity contribution < 1.29 is 9.13 Å². The summed E-state index contributed by atoms with van der Waals surface area (Å²) in [5.74, 6) is -0.327. The SMILES string of the molecule is CN(c1cc(Br)c(F)cc1N)C1CCOCC1. The molecular weight excluding hydrogens is 287 g/mol. The Kier molecular flexibility index (Phi) is 3.89. The first-order valence-corrected chi connectivity index (χ1v) is 6.44. The molecule has 1 heterocycles. The Morgan fingerprint density at radius 1 is 1.41 bits per heavy atom. The van der Waals surface area contributed by atoms with Gasteiger partial charge in [0, 0.05) is 32.4 Å². The van der Waals surface area contributed by atoms with E-state index in [1.807, 2.05) is 7.05 Å². The lowest BCUT2D eigenvalue weighted by Crippen LogP contribution is -2.37. The van der Waals surface area contributed by atoms with Gasteiger partial charge in [-0.15, -0.1) is 0 Å². The number of benzene rings is 1. The molecule has 2 N–H and O–H groups in total. The smallest absolute Gasteiger partial charge is 0.139 e. The van der Waals surface area contributed by atoms with E-state index in [1.165, 1.54) is 6.07 Å². The van der Waals surface area contributed by atoms with Crippen LogP contribution in [0.1, 0.15) is 12.8 Å². The maximum Gasteiger partial charge on any atom is 0.139 e. The summed E-state index contributed by atoms with van der Waals surface area (Å²) in [6.07, 6.45) is 1.95. The summed E-state index contributed by atoms with van der Waals surface area (Å²) in [4.78, 5) is 2.11. The highest BCUT2D eigenvalue weighted by molar-refractivity contribution is 9.10. The van der Waals surface area contributed by atoms with Gasteiger partial charge in [0.15, 0.2) is 0 Å². The zero-order valence-corrected chi connectivity index (χ0v) is 11.3. The standard InChI is InChI=1S/C12H16BrFN2O/c1-16(8-2-4-17-5-3-8)12-6-9(13)10(14)7-11(12)15/h6-8H,2-5,15H2,1H3. The second-order valence-corrected chi connectivity index (χ2v) is 5.13. The topological polar surface area (TPSA) is 38.5 Å². The van der Waals surface area contributed by atoms with Crippen molar-refractivity contribution in [3.63, 3.8) is 0 Å². The normalized spacial score (nSPS) is 17.1. The minimum absolute atomic E-state index is 0.327. The van der Waals surface area contributed by atoms with E-state index in [0.29, 0.717) is 16.2 Å². The summed E-state index contributed by atoms with van der Waals surface area (Å²) in [6.45, 7) is 1.55. The number of halogens is 2. The lowest BCUT2D eigenvalue weighted by atomic mass is 10.1. The van der Waals surface area contributed by atoms with Crippen LogP contribution in [0, 0.1) is 5.82 Å². The van der Waals surface area contributed by atoms with Crippen LogP contribution in [-0.4, -0.2) is 26.3 Å². The third-order valence-electron chi connectivity index (χ3n) is 3.19. The molecule has 0 unspecified atom stereocenters. The molecule has 5 heteroatoms. The Morgan fingerprint density at radius 2 is 2.06 bits per heavy atom. The molecule has 1 aromatic carbocycles. The van der Waals surface area contributed by atoms with Crippen molar-refractivity contribution in [2.24, 2.45) is 0 Å². The molecule has 1 aliphatic heterocycles. The summed E-state index contributed by atoms with van der Waals surface area (Å²) in [5, 5.41) is 0. The van der Waals surface area contributed by atoms with Gasteiger partial charge in [-0.05, 0) is 34.8 Å².